The fourth-order valence-electron chi connectivity index (χ4n) is 2.69. The Morgan fingerprint density at radius 1 is 1.07 bits per heavy atom. The van der Waals surface area contributed by atoms with Gasteiger partial charge in [-0.25, -0.2) is 4.98 Å². The van der Waals surface area contributed by atoms with E-state index in [0.29, 0.717) is 23.3 Å². The van der Waals surface area contributed by atoms with Gasteiger partial charge in [-0.15, -0.1) is 0 Å². The van der Waals surface area contributed by atoms with Crippen LogP contribution in [0.15, 0.2) is 54.9 Å². The molecule has 0 aliphatic carbocycles. The molecule has 3 aromatic rings. The van der Waals surface area contributed by atoms with Crippen molar-refractivity contribution < 1.29 is 5.11 Å². The summed E-state index contributed by atoms with van der Waals surface area (Å²) < 4.78 is 0. The third kappa shape index (κ3) is 5.18. The maximum Gasteiger partial charge on any atom is 0.225 e. The van der Waals surface area contributed by atoms with Crippen LogP contribution < -0.4 is 10.6 Å². The van der Waals surface area contributed by atoms with E-state index in [1.807, 2.05) is 56.3 Å². The van der Waals surface area contributed by atoms with Crippen LogP contribution in [-0.2, 0) is 6.54 Å². The molecule has 2 aromatic heterocycles. The number of hydrogen-bond donors (Lipinski definition) is 3. The minimum Gasteiger partial charge on any atom is -0.394 e. The lowest BCUT2D eigenvalue weighted by Gasteiger charge is -2.20. The molecule has 0 fully saturated rings. The summed E-state index contributed by atoms with van der Waals surface area (Å²) >= 11 is 6.25. The minimum atomic E-state index is -0.135. The maximum atomic E-state index is 9.64. The Morgan fingerprint density at radius 3 is 2.50 bits per heavy atom. The summed E-state index contributed by atoms with van der Waals surface area (Å²) in [5.74, 6) is 1.37. The van der Waals surface area contributed by atoms with Crippen molar-refractivity contribution in [3.63, 3.8) is 0 Å². The minimum absolute atomic E-state index is 0.00287. The van der Waals surface area contributed by atoms with Crippen molar-refractivity contribution in [1.29, 1.82) is 0 Å². The summed E-state index contributed by atoms with van der Waals surface area (Å²) in [4.78, 5) is 13.3. The third-order valence-electron chi connectivity index (χ3n) is 4.44. The summed E-state index contributed by atoms with van der Waals surface area (Å²) in [5.41, 5.74) is 2.69. The average molecular weight is 398 g/mol. The number of nitrogens with one attached hydrogen (secondary N) is 2. The Hall–Kier alpha value is -2.70. The zero-order valence-corrected chi connectivity index (χ0v) is 16.7. The molecule has 146 valence electrons. The van der Waals surface area contributed by atoms with Gasteiger partial charge in [0.1, 0.15) is 5.82 Å². The van der Waals surface area contributed by atoms with E-state index < -0.39 is 0 Å². The standard InChI is InChI=1S/C21H24ClN5O/c1-14(2)19(13-28)26-21-25-18(15-7-9-23-10-8-15)11-20(27-21)24-12-16-5-3-4-6-17(16)22/h3-11,14,19,28H,12-13H2,1-2H3,(H2,24,25,26,27)/t19-/m0/s1. The predicted octanol–water partition coefficient (Wildman–Crippen LogP) is 4.23. The monoisotopic (exact) mass is 397 g/mol. The molecule has 1 atom stereocenters. The van der Waals surface area contributed by atoms with Gasteiger partial charge in [-0.2, -0.15) is 4.98 Å². The fourth-order valence-corrected chi connectivity index (χ4v) is 2.89. The van der Waals surface area contributed by atoms with E-state index >= 15 is 0 Å². The molecule has 28 heavy (non-hydrogen) atoms. The van der Waals surface area contributed by atoms with E-state index in [9.17, 15) is 5.11 Å². The Labute approximate surface area is 170 Å². The summed E-state index contributed by atoms with van der Waals surface area (Å²) in [7, 11) is 0. The molecule has 0 aliphatic rings. The van der Waals surface area contributed by atoms with E-state index in [2.05, 4.69) is 25.6 Å². The van der Waals surface area contributed by atoms with Crippen LogP contribution in [0.25, 0.3) is 11.3 Å². The molecule has 0 amide bonds. The number of nitrogens with zero attached hydrogens (tertiary/aromatic N) is 3. The second kappa shape index (κ2) is 9.48. The second-order valence-electron chi connectivity index (χ2n) is 6.82. The molecule has 0 saturated heterocycles. The van der Waals surface area contributed by atoms with Crippen LogP contribution in [0.4, 0.5) is 11.8 Å². The molecule has 0 bridgehead atoms. The molecule has 1 aromatic carbocycles. The Kier molecular flexibility index (Phi) is 6.79. The van der Waals surface area contributed by atoms with Gasteiger partial charge in [-0.05, 0) is 29.7 Å². The SMILES string of the molecule is CC(C)[C@H](CO)Nc1nc(NCc2ccccc2Cl)cc(-c2ccncc2)n1. The quantitative estimate of drug-likeness (QED) is 0.527. The van der Waals surface area contributed by atoms with Crippen molar-refractivity contribution >= 4 is 23.4 Å². The number of aliphatic hydroxyl groups is 1. The van der Waals surface area contributed by atoms with Gasteiger partial charge in [-0.1, -0.05) is 43.6 Å². The van der Waals surface area contributed by atoms with E-state index in [1.165, 1.54) is 0 Å². The highest BCUT2D eigenvalue weighted by Crippen LogP contribution is 2.23. The summed E-state index contributed by atoms with van der Waals surface area (Å²) in [6, 6.07) is 13.2. The summed E-state index contributed by atoms with van der Waals surface area (Å²) in [6.07, 6.45) is 3.46. The van der Waals surface area contributed by atoms with Crippen LogP contribution in [0, 0.1) is 5.92 Å². The lowest BCUT2D eigenvalue weighted by atomic mass is 10.1. The molecule has 7 heteroatoms. The number of aromatic nitrogens is 3. The van der Waals surface area contributed by atoms with Crippen molar-refractivity contribution in [2.75, 3.05) is 17.2 Å². The van der Waals surface area contributed by atoms with Crippen LogP contribution in [0.2, 0.25) is 5.02 Å². The first-order chi connectivity index (χ1) is 13.6. The largest absolute Gasteiger partial charge is 0.394 e. The molecular weight excluding hydrogens is 374 g/mol. The molecule has 6 nitrogen and oxygen atoms in total. The van der Waals surface area contributed by atoms with Gasteiger partial charge in [0.25, 0.3) is 0 Å². The number of pyridine rings is 1. The lowest BCUT2D eigenvalue weighted by molar-refractivity contribution is 0.248. The Balaban J connectivity index is 1.89. The van der Waals surface area contributed by atoms with Crippen molar-refractivity contribution in [1.82, 2.24) is 15.0 Å². The molecular formula is C21H24ClN5O. The highest BCUT2D eigenvalue weighted by Gasteiger charge is 2.15. The van der Waals surface area contributed by atoms with Crippen LogP contribution >= 0.6 is 11.6 Å². The van der Waals surface area contributed by atoms with Crippen LogP contribution in [0.5, 0.6) is 0 Å². The van der Waals surface area contributed by atoms with Gasteiger partial charge in [0.05, 0.1) is 18.3 Å². The highest BCUT2D eigenvalue weighted by molar-refractivity contribution is 6.31. The van der Waals surface area contributed by atoms with Crippen LogP contribution in [-0.4, -0.2) is 32.7 Å². The molecule has 3 N–H and O–H groups in total. The number of hydrogen-bond acceptors (Lipinski definition) is 6. The number of anilines is 2. The number of halogens is 1. The number of rotatable bonds is 8. The van der Waals surface area contributed by atoms with E-state index in [4.69, 9.17) is 11.6 Å². The molecule has 0 aliphatic heterocycles. The first-order valence-electron chi connectivity index (χ1n) is 9.21. The zero-order valence-electron chi connectivity index (χ0n) is 15.9. The van der Waals surface area contributed by atoms with E-state index in [1.54, 1.807) is 12.4 Å². The smallest absolute Gasteiger partial charge is 0.225 e. The lowest BCUT2D eigenvalue weighted by Crippen LogP contribution is -2.30. The van der Waals surface area contributed by atoms with E-state index in [0.717, 1.165) is 16.8 Å². The molecule has 0 saturated carbocycles. The second-order valence-corrected chi connectivity index (χ2v) is 7.23. The molecule has 0 radical (unpaired) electrons. The molecule has 2 heterocycles. The van der Waals surface area contributed by atoms with Crippen molar-refractivity contribution in [2.24, 2.45) is 5.92 Å². The fraction of sp³-hybridized carbons (Fsp3) is 0.286. The molecule has 3 rings (SSSR count). The van der Waals surface area contributed by atoms with E-state index in [-0.39, 0.29) is 18.6 Å². The number of aliphatic hydroxyl groups excluding tert-OH is 1. The first kappa shape index (κ1) is 20.0. The number of benzene rings is 1. The summed E-state index contributed by atoms with van der Waals surface area (Å²) in [6.45, 7) is 4.62. The van der Waals surface area contributed by atoms with Crippen LogP contribution in [0.1, 0.15) is 19.4 Å². The topological polar surface area (TPSA) is 83.0 Å². The van der Waals surface area contributed by atoms with Gasteiger partial charge >= 0.3 is 0 Å². The van der Waals surface area contributed by atoms with Gasteiger partial charge in [0, 0.05) is 35.6 Å². The van der Waals surface area contributed by atoms with Gasteiger partial charge < -0.3 is 15.7 Å². The van der Waals surface area contributed by atoms with Gasteiger partial charge in [0.15, 0.2) is 0 Å². The molecule has 0 spiro atoms. The average Bonchev–Trinajstić information content (AvgIpc) is 2.71. The Morgan fingerprint density at radius 2 is 1.82 bits per heavy atom. The maximum absolute atomic E-state index is 9.64. The normalized spacial score (nSPS) is 12.0. The van der Waals surface area contributed by atoms with Gasteiger partial charge in [-0.3, -0.25) is 4.98 Å². The van der Waals surface area contributed by atoms with Crippen molar-refractivity contribution in [2.45, 2.75) is 26.4 Å². The Bertz CT molecular complexity index is 904. The van der Waals surface area contributed by atoms with Crippen molar-refractivity contribution in [3.8, 4) is 11.3 Å². The third-order valence-corrected chi connectivity index (χ3v) is 4.80. The predicted molar refractivity (Wildman–Crippen MR) is 113 cm³/mol. The first-order valence-corrected chi connectivity index (χ1v) is 9.58. The van der Waals surface area contributed by atoms with Crippen molar-refractivity contribution in [3.05, 3.63) is 65.4 Å². The summed E-state index contributed by atoms with van der Waals surface area (Å²) in [5, 5.41) is 16.9. The highest BCUT2D eigenvalue weighted by atomic mass is 35.5. The molecule has 0 unspecified atom stereocenters. The van der Waals surface area contributed by atoms with Gasteiger partial charge in [0.2, 0.25) is 5.95 Å². The zero-order chi connectivity index (χ0) is 19.9. The van der Waals surface area contributed by atoms with Crippen LogP contribution in [0.3, 0.4) is 0 Å².